The largest absolute Gasteiger partial charge is 0.370 e. The number of terminal acetylenes is 1. The van der Waals surface area contributed by atoms with Crippen molar-refractivity contribution in [1.29, 1.82) is 0 Å². The van der Waals surface area contributed by atoms with Crippen molar-refractivity contribution in [1.82, 2.24) is 5.32 Å². The molecule has 0 atom stereocenters. The van der Waals surface area contributed by atoms with E-state index >= 15 is 0 Å². The third-order valence-corrected chi connectivity index (χ3v) is 4.61. The number of hydrogen-bond acceptors (Lipinski definition) is 2. The lowest BCUT2D eigenvalue weighted by Gasteiger charge is -2.02. The van der Waals surface area contributed by atoms with Gasteiger partial charge in [0.15, 0.2) is 5.96 Å². The fourth-order valence-electron chi connectivity index (χ4n) is 2.19. The van der Waals surface area contributed by atoms with Crippen LogP contribution in [0.1, 0.15) is 51.4 Å². The topological polar surface area (TPSA) is 93.5 Å². The standard InChI is InChI=1S/C26H32BrClN4O/c1-2-3-4-5-6-7-8-9-10-12-18-24(28)22-23(27)17-13-14-19-25(33)31-20-15-11-16-21-32-26(29)30/h1,7-8,13-14,17-18H,3-4,11-12,15-16,19-22H2,(H,31,33)(H4,29,30,32)/b8-7+,14-13-,23-17+,24-18-. The predicted molar refractivity (Wildman–Crippen MR) is 144 cm³/mol. The van der Waals surface area contributed by atoms with Crippen molar-refractivity contribution in [2.24, 2.45) is 16.5 Å². The first-order valence-corrected chi connectivity index (χ1v) is 11.9. The molecule has 0 aromatic carbocycles. The molecule has 0 aliphatic rings. The summed E-state index contributed by atoms with van der Waals surface area (Å²) in [6.07, 6.45) is 21.5. The first-order chi connectivity index (χ1) is 16.0. The molecule has 0 spiro atoms. The molecule has 0 fully saturated rings. The molecular weight excluding hydrogens is 500 g/mol. The monoisotopic (exact) mass is 530 g/mol. The van der Waals surface area contributed by atoms with Crippen molar-refractivity contribution in [3.8, 4) is 36.0 Å². The Labute approximate surface area is 212 Å². The van der Waals surface area contributed by atoms with Gasteiger partial charge in [-0.2, -0.15) is 0 Å². The number of nitrogens with zero attached hydrogens (tertiary/aromatic N) is 1. The number of halogens is 2. The fraction of sp³-hybridized carbons (Fsp3) is 0.385. The van der Waals surface area contributed by atoms with E-state index < -0.39 is 0 Å². The van der Waals surface area contributed by atoms with Crippen LogP contribution >= 0.6 is 27.5 Å². The van der Waals surface area contributed by atoms with Gasteiger partial charge >= 0.3 is 0 Å². The van der Waals surface area contributed by atoms with Gasteiger partial charge in [-0.3, -0.25) is 9.79 Å². The average Bonchev–Trinajstić information content (AvgIpc) is 2.77. The average molecular weight is 532 g/mol. The van der Waals surface area contributed by atoms with E-state index in [1.807, 2.05) is 18.2 Å². The minimum absolute atomic E-state index is 0.0101. The summed E-state index contributed by atoms with van der Waals surface area (Å²) < 4.78 is 0.913. The zero-order chi connectivity index (χ0) is 24.6. The highest BCUT2D eigenvalue weighted by molar-refractivity contribution is 9.11. The molecule has 0 heterocycles. The third kappa shape index (κ3) is 23.6. The molecule has 5 N–H and O–H groups in total. The Morgan fingerprint density at radius 2 is 1.88 bits per heavy atom. The summed E-state index contributed by atoms with van der Waals surface area (Å²) in [5.74, 6) is 14.3. The van der Waals surface area contributed by atoms with E-state index in [-0.39, 0.29) is 11.9 Å². The molecule has 33 heavy (non-hydrogen) atoms. The molecule has 0 unspecified atom stereocenters. The van der Waals surface area contributed by atoms with Crippen LogP contribution in [-0.2, 0) is 4.79 Å². The summed E-state index contributed by atoms with van der Waals surface area (Å²) in [6, 6.07) is 0. The molecule has 0 bridgehead atoms. The summed E-state index contributed by atoms with van der Waals surface area (Å²) in [5, 5.41) is 3.58. The van der Waals surface area contributed by atoms with Gasteiger partial charge in [-0.1, -0.05) is 75.5 Å². The summed E-state index contributed by atoms with van der Waals surface area (Å²) in [7, 11) is 0. The lowest BCUT2D eigenvalue weighted by Crippen LogP contribution is -2.23. The highest BCUT2D eigenvalue weighted by Crippen LogP contribution is 2.20. The van der Waals surface area contributed by atoms with Crippen molar-refractivity contribution >= 4 is 39.4 Å². The normalized spacial score (nSPS) is 11.3. The molecule has 5 nitrogen and oxygen atoms in total. The maximum absolute atomic E-state index is 11.8. The van der Waals surface area contributed by atoms with Gasteiger partial charge in [0, 0.05) is 54.7 Å². The second-order valence-electron chi connectivity index (χ2n) is 6.67. The van der Waals surface area contributed by atoms with Crippen LogP contribution in [0, 0.1) is 36.0 Å². The highest BCUT2D eigenvalue weighted by Gasteiger charge is 1.98. The second kappa shape index (κ2) is 22.3. The van der Waals surface area contributed by atoms with Crippen LogP contribution in [0.15, 0.2) is 51.0 Å². The maximum Gasteiger partial charge on any atom is 0.223 e. The molecular formula is C26H32BrClN4O. The first kappa shape index (κ1) is 30.1. The number of guanidine groups is 1. The van der Waals surface area contributed by atoms with Gasteiger partial charge in [0.1, 0.15) is 0 Å². The Bertz CT molecular complexity index is 899. The quantitative estimate of drug-likeness (QED) is 0.106. The summed E-state index contributed by atoms with van der Waals surface area (Å²) in [5.41, 5.74) is 10.5. The minimum atomic E-state index is -0.0101. The Balaban J connectivity index is 4.05. The van der Waals surface area contributed by atoms with Crippen LogP contribution in [-0.4, -0.2) is 25.0 Å². The van der Waals surface area contributed by atoms with Crippen LogP contribution in [0.25, 0.3) is 0 Å². The van der Waals surface area contributed by atoms with Crippen LogP contribution in [0.3, 0.4) is 0 Å². The lowest BCUT2D eigenvalue weighted by molar-refractivity contribution is -0.120. The predicted octanol–water partition coefficient (Wildman–Crippen LogP) is 4.65. The van der Waals surface area contributed by atoms with E-state index in [1.54, 1.807) is 18.2 Å². The maximum atomic E-state index is 11.8. The molecule has 0 aliphatic heterocycles. The number of unbranched alkanes of at least 4 members (excludes halogenated alkanes) is 3. The number of aliphatic imine (C=N–C) groups is 1. The van der Waals surface area contributed by atoms with Gasteiger partial charge in [-0.15, -0.1) is 12.3 Å². The SMILES string of the molecule is C#CCCC#C/C=C/C#CC/C=C(\Cl)C/C(Br)=C\C=C/CC(=O)NCCCCCN=C(N)N. The Morgan fingerprint density at radius 3 is 2.61 bits per heavy atom. The van der Waals surface area contributed by atoms with Gasteiger partial charge in [0.2, 0.25) is 5.91 Å². The zero-order valence-electron chi connectivity index (χ0n) is 18.9. The van der Waals surface area contributed by atoms with E-state index in [1.165, 1.54) is 0 Å². The van der Waals surface area contributed by atoms with Crippen LogP contribution in [0.2, 0.25) is 0 Å². The smallest absolute Gasteiger partial charge is 0.223 e. The first-order valence-electron chi connectivity index (χ1n) is 10.7. The fourth-order valence-corrected chi connectivity index (χ4v) is 3.03. The van der Waals surface area contributed by atoms with Crippen molar-refractivity contribution in [2.75, 3.05) is 13.1 Å². The van der Waals surface area contributed by atoms with Crippen molar-refractivity contribution in [3.63, 3.8) is 0 Å². The second-order valence-corrected chi connectivity index (χ2v) is 8.18. The van der Waals surface area contributed by atoms with E-state index in [4.69, 9.17) is 29.5 Å². The number of allylic oxidation sites excluding steroid dienone is 7. The number of nitrogens with two attached hydrogens (primary N) is 2. The number of hydrogen-bond donors (Lipinski definition) is 3. The van der Waals surface area contributed by atoms with E-state index in [2.05, 4.69) is 55.8 Å². The number of amides is 1. The Hall–Kier alpha value is -2.85. The molecule has 0 saturated heterocycles. The number of carbonyl (C=O) groups excluding carboxylic acids is 1. The molecule has 0 aromatic rings. The van der Waals surface area contributed by atoms with Crippen molar-refractivity contribution in [3.05, 3.63) is 46.0 Å². The van der Waals surface area contributed by atoms with E-state index in [0.717, 1.165) is 23.7 Å². The summed E-state index contributed by atoms with van der Waals surface area (Å²) in [4.78, 5) is 15.7. The summed E-state index contributed by atoms with van der Waals surface area (Å²) >= 11 is 9.71. The molecule has 1 amide bonds. The van der Waals surface area contributed by atoms with Crippen LogP contribution in [0.4, 0.5) is 0 Å². The Kier molecular flexibility index (Phi) is 20.4. The van der Waals surface area contributed by atoms with Gasteiger partial charge in [0.25, 0.3) is 0 Å². The van der Waals surface area contributed by atoms with E-state index in [0.29, 0.717) is 50.2 Å². The Morgan fingerprint density at radius 1 is 1.12 bits per heavy atom. The zero-order valence-corrected chi connectivity index (χ0v) is 21.2. The van der Waals surface area contributed by atoms with Gasteiger partial charge in [-0.25, -0.2) is 0 Å². The molecule has 0 saturated carbocycles. The lowest BCUT2D eigenvalue weighted by atomic mass is 10.2. The van der Waals surface area contributed by atoms with Crippen molar-refractivity contribution < 1.29 is 4.79 Å². The van der Waals surface area contributed by atoms with Crippen LogP contribution in [0.5, 0.6) is 0 Å². The molecule has 0 rings (SSSR count). The van der Waals surface area contributed by atoms with Gasteiger partial charge < -0.3 is 16.8 Å². The molecule has 7 heteroatoms. The van der Waals surface area contributed by atoms with Gasteiger partial charge in [-0.05, 0) is 31.4 Å². The molecule has 176 valence electrons. The van der Waals surface area contributed by atoms with Crippen LogP contribution < -0.4 is 16.8 Å². The minimum Gasteiger partial charge on any atom is -0.370 e. The highest BCUT2D eigenvalue weighted by atomic mass is 79.9. The molecule has 0 aliphatic carbocycles. The third-order valence-electron chi connectivity index (χ3n) is 3.78. The molecule has 0 radical (unpaired) electrons. The van der Waals surface area contributed by atoms with E-state index in [9.17, 15) is 4.79 Å². The van der Waals surface area contributed by atoms with Crippen molar-refractivity contribution in [2.45, 2.75) is 51.4 Å². The number of carbonyl (C=O) groups is 1. The number of nitrogens with one attached hydrogen (secondary N) is 1. The summed E-state index contributed by atoms with van der Waals surface area (Å²) in [6.45, 7) is 1.27. The van der Waals surface area contributed by atoms with Gasteiger partial charge in [0.05, 0.1) is 0 Å². The number of rotatable bonds is 13. The molecule has 0 aromatic heterocycles.